The topological polar surface area (TPSA) is 67.2 Å². The van der Waals surface area contributed by atoms with Crippen LogP contribution in [0.25, 0.3) is 16.9 Å². The maximum atomic E-state index is 13.2. The largest absolute Gasteiger partial charge is 0.331 e. The van der Waals surface area contributed by atoms with Crippen LogP contribution in [0.4, 0.5) is 5.95 Å². The minimum absolute atomic E-state index is 0.0207. The molecule has 0 bridgehead atoms. The predicted molar refractivity (Wildman–Crippen MR) is 141 cm³/mol. The van der Waals surface area contributed by atoms with E-state index in [-0.39, 0.29) is 30.3 Å². The van der Waals surface area contributed by atoms with E-state index in [1.54, 1.807) is 4.90 Å². The molecule has 1 aliphatic carbocycles. The Balaban J connectivity index is 1.60. The summed E-state index contributed by atoms with van der Waals surface area (Å²) in [6, 6.07) is 18.2. The van der Waals surface area contributed by atoms with Crippen LogP contribution in [0.5, 0.6) is 0 Å². The minimum Gasteiger partial charge on any atom is -0.331 e. The summed E-state index contributed by atoms with van der Waals surface area (Å²) < 4.78 is 1.91. The van der Waals surface area contributed by atoms with E-state index in [1.807, 2.05) is 67.1 Å². The molecule has 1 fully saturated rings. The third-order valence-electron chi connectivity index (χ3n) is 6.79. The van der Waals surface area contributed by atoms with Gasteiger partial charge in [-0.2, -0.15) is 0 Å². The Bertz CT molecular complexity index is 1140. The lowest BCUT2D eigenvalue weighted by Crippen LogP contribution is -2.45. The van der Waals surface area contributed by atoms with Crippen LogP contribution in [0.1, 0.15) is 64.9 Å². The highest BCUT2D eigenvalue weighted by Gasteiger charge is 2.30. The zero-order valence-corrected chi connectivity index (χ0v) is 21.2. The summed E-state index contributed by atoms with van der Waals surface area (Å²) in [7, 11) is 0. The molecule has 184 valence electrons. The van der Waals surface area contributed by atoms with E-state index in [2.05, 4.69) is 31.3 Å². The van der Waals surface area contributed by atoms with E-state index < -0.39 is 0 Å². The molecule has 1 heterocycles. The summed E-state index contributed by atoms with van der Waals surface area (Å²) in [5, 5.41) is 2.99. The van der Waals surface area contributed by atoms with Crippen molar-refractivity contribution in [2.75, 3.05) is 11.9 Å². The molecule has 0 saturated heterocycles. The van der Waals surface area contributed by atoms with Gasteiger partial charge in [0.25, 0.3) is 0 Å². The van der Waals surface area contributed by atoms with E-state index >= 15 is 0 Å². The number of rotatable bonds is 8. The first-order chi connectivity index (χ1) is 16.8. The Morgan fingerprint density at radius 2 is 1.66 bits per heavy atom. The Morgan fingerprint density at radius 1 is 1.00 bits per heavy atom. The highest BCUT2D eigenvalue weighted by atomic mass is 16.2. The number of anilines is 1. The molecule has 1 aromatic heterocycles. The number of carbonyl (C=O) groups excluding carboxylic acids is 2. The van der Waals surface area contributed by atoms with Gasteiger partial charge in [-0.3, -0.25) is 19.5 Å². The van der Waals surface area contributed by atoms with Gasteiger partial charge in [-0.05, 0) is 50.3 Å². The summed E-state index contributed by atoms with van der Waals surface area (Å²) in [6.07, 6.45) is 5.95. The summed E-state index contributed by atoms with van der Waals surface area (Å²) in [5.41, 5.74) is 3.92. The molecule has 1 N–H and O–H groups in total. The molecule has 0 radical (unpaired) electrons. The van der Waals surface area contributed by atoms with Gasteiger partial charge in [-0.25, -0.2) is 4.98 Å². The number of benzene rings is 2. The molecule has 2 amide bonds. The van der Waals surface area contributed by atoms with Crippen LogP contribution in [0.3, 0.4) is 0 Å². The highest BCUT2D eigenvalue weighted by molar-refractivity contribution is 5.94. The van der Waals surface area contributed by atoms with Crippen LogP contribution in [0.15, 0.2) is 60.8 Å². The molecule has 6 nitrogen and oxygen atoms in total. The lowest BCUT2D eigenvalue weighted by molar-refractivity contribution is -0.140. The number of nitrogens with one attached hydrogen (secondary N) is 1. The van der Waals surface area contributed by atoms with Crippen LogP contribution in [-0.4, -0.2) is 38.9 Å². The lowest BCUT2D eigenvalue weighted by Gasteiger charge is -2.28. The van der Waals surface area contributed by atoms with Gasteiger partial charge in [-0.15, -0.1) is 0 Å². The average molecular weight is 473 g/mol. The summed E-state index contributed by atoms with van der Waals surface area (Å²) >= 11 is 0. The second-order valence-corrected chi connectivity index (χ2v) is 10.0. The van der Waals surface area contributed by atoms with Crippen molar-refractivity contribution in [2.45, 2.75) is 65.3 Å². The van der Waals surface area contributed by atoms with Crippen molar-refractivity contribution in [3.8, 4) is 16.9 Å². The fourth-order valence-corrected chi connectivity index (χ4v) is 4.67. The standard InChI is InChI=1S/C29H36N4O2/c1-20(2)22-14-16-25(17-15-22)33-18-26(23-10-6-5-7-11-23)30-29(33)31-27(34)19-32(21(3)4)28(35)24-12-8-9-13-24/h5-7,10-11,14-18,20-21,24H,8-9,12-13,19H2,1-4H3,(H,30,31,34). The first-order valence-corrected chi connectivity index (χ1v) is 12.7. The molecular weight excluding hydrogens is 436 g/mol. The number of amides is 2. The Kier molecular flexibility index (Phi) is 7.69. The van der Waals surface area contributed by atoms with Crippen molar-refractivity contribution in [3.63, 3.8) is 0 Å². The molecule has 2 aromatic carbocycles. The second-order valence-electron chi connectivity index (χ2n) is 10.0. The summed E-state index contributed by atoms with van der Waals surface area (Å²) in [6.45, 7) is 8.28. The van der Waals surface area contributed by atoms with Crippen LogP contribution in [-0.2, 0) is 9.59 Å². The first-order valence-electron chi connectivity index (χ1n) is 12.7. The minimum atomic E-state index is -0.240. The quantitative estimate of drug-likeness (QED) is 0.435. The van der Waals surface area contributed by atoms with E-state index in [4.69, 9.17) is 4.98 Å². The zero-order chi connectivity index (χ0) is 24.9. The lowest BCUT2D eigenvalue weighted by atomic mass is 10.0. The molecule has 0 spiro atoms. The molecule has 1 aliphatic rings. The zero-order valence-electron chi connectivity index (χ0n) is 21.2. The van der Waals surface area contributed by atoms with Crippen LogP contribution < -0.4 is 5.32 Å². The molecule has 3 aromatic rings. The van der Waals surface area contributed by atoms with Gasteiger partial charge in [0.2, 0.25) is 17.8 Å². The number of hydrogen-bond acceptors (Lipinski definition) is 3. The van der Waals surface area contributed by atoms with Crippen LogP contribution >= 0.6 is 0 Å². The van der Waals surface area contributed by atoms with E-state index in [0.29, 0.717) is 11.9 Å². The Morgan fingerprint density at radius 3 is 2.26 bits per heavy atom. The van der Waals surface area contributed by atoms with Crippen molar-refractivity contribution in [3.05, 3.63) is 66.4 Å². The van der Waals surface area contributed by atoms with Crippen molar-refractivity contribution in [1.82, 2.24) is 14.5 Å². The summed E-state index contributed by atoms with van der Waals surface area (Å²) in [5.74, 6) is 0.769. The van der Waals surface area contributed by atoms with Gasteiger partial charge in [0.15, 0.2) is 0 Å². The SMILES string of the molecule is CC(C)c1ccc(-n2cc(-c3ccccc3)nc2NC(=O)CN(C(=O)C2CCCC2)C(C)C)cc1. The van der Waals surface area contributed by atoms with Crippen molar-refractivity contribution < 1.29 is 9.59 Å². The molecular formula is C29H36N4O2. The number of hydrogen-bond donors (Lipinski definition) is 1. The Labute approximate surface area is 208 Å². The Hall–Kier alpha value is -3.41. The number of nitrogens with zero attached hydrogens (tertiary/aromatic N) is 3. The van der Waals surface area contributed by atoms with Gasteiger partial charge < -0.3 is 4.90 Å². The second kappa shape index (κ2) is 10.9. The predicted octanol–water partition coefficient (Wildman–Crippen LogP) is 6.03. The molecule has 35 heavy (non-hydrogen) atoms. The maximum absolute atomic E-state index is 13.2. The smallest absolute Gasteiger partial charge is 0.246 e. The third-order valence-corrected chi connectivity index (χ3v) is 6.79. The molecule has 4 rings (SSSR count). The van der Waals surface area contributed by atoms with E-state index in [9.17, 15) is 9.59 Å². The third kappa shape index (κ3) is 5.81. The van der Waals surface area contributed by atoms with Crippen LogP contribution in [0, 0.1) is 5.92 Å². The normalized spacial score (nSPS) is 14.0. The van der Waals surface area contributed by atoms with Crippen LogP contribution in [0.2, 0.25) is 0 Å². The van der Waals surface area contributed by atoms with E-state index in [1.165, 1.54) is 5.56 Å². The van der Waals surface area contributed by atoms with Gasteiger partial charge in [-0.1, -0.05) is 69.2 Å². The maximum Gasteiger partial charge on any atom is 0.246 e. The van der Waals surface area contributed by atoms with Gasteiger partial charge in [0, 0.05) is 29.4 Å². The first kappa shape index (κ1) is 24.7. The number of carbonyl (C=O) groups is 2. The highest BCUT2D eigenvalue weighted by Crippen LogP contribution is 2.28. The van der Waals surface area contributed by atoms with Crippen molar-refractivity contribution in [2.24, 2.45) is 5.92 Å². The molecule has 0 unspecified atom stereocenters. The van der Waals surface area contributed by atoms with E-state index in [0.717, 1.165) is 42.6 Å². The fraction of sp³-hybridized carbons (Fsp3) is 0.414. The molecule has 0 aliphatic heterocycles. The average Bonchev–Trinajstić information content (AvgIpc) is 3.53. The monoisotopic (exact) mass is 472 g/mol. The molecule has 6 heteroatoms. The molecule has 1 saturated carbocycles. The van der Waals surface area contributed by atoms with Gasteiger partial charge >= 0.3 is 0 Å². The van der Waals surface area contributed by atoms with Crippen molar-refractivity contribution >= 4 is 17.8 Å². The van der Waals surface area contributed by atoms with Gasteiger partial charge in [0.05, 0.1) is 5.69 Å². The van der Waals surface area contributed by atoms with Gasteiger partial charge in [0.1, 0.15) is 6.54 Å². The summed E-state index contributed by atoms with van der Waals surface area (Å²) in [4.78, 5) is 32.7. The molecule has 0 atom stereocenters. The number of imidazole rings is 1. The van der Waals surface area contributed by atoms with Crippen molar-refractivity contribution in [1.29, 1.82) is 0 Å². The fourth-order valence-electron chi connectivity index (χ4n) is 4.67. The number of aromatic nitrogens is 2.